The van der Waals surface area contributed by atoms with Crippen molar-refractivity contribution >= 4 is 23.5 Å². The number of ether oxygens (including phenoxy) is 2. The van der Waals surface area contributed by atoms with E-state index in [4.69, 9.17) is 9.47 Å². The molecule has 7 nitrogen and oxygen atoms in total. The highest BCUT2D eigenvalue weighted by molar-refractivity contribution is 5.95. The van der Waals surface area contributed by atoms with Gasteiger partial charge in [0.1, 0.15) is 11.6 Å². The third kappa shape index (κ3) is 6.10. The van der Waals surface area contributed by atoms with E-state index in [1.807, 2.05) is 6.92 Å². The number of halogens is 1. The molecule has 0 radical (unpaired) electrons. The number of benzene rings is 2. The summed E-state index contributed by atoms with van der Waals surface area (Å²) >= 11 is 0. The first-order chi connectivity index (χ1) is 12.9. The average Bonchev–Trinajstić information content (AvgIpc) is 2.66. The molecule has 0 saturated heterocycles. The molecule has 0 bridgehead atoms. The summed E-state index contributed by atoms with van der Waals surface area (Å²) in [6, 6.07) is 9.98. The Balaban J connectivity index is 1.76. The van der Waals surface area contributed by atoms with E-state index in [0.717, 1.165) is 5.56 Å². The van der Waals surface area contributed by atoms with Crippen LogP contribution in [0.1, 0.15) is 15.9 Å². The van der Waals surface area contributed by atoms with Gasteiger partial charge >= 0.3 is 5.97 Å². The Bertz CT molecular complexity index is 836. The summed E-state index contributed by atoms with van der Waals surface area (Å²) in [4.78, 5) is 35.4. The number of nitrogens with one attached hydrogen (secondary N) is 2. The Morgan fingerprint density at radius 1 is 1.04 bits per heavy atom. The van der Waals surface area contributed by atoms with Crippen molar-refractivity contribution in [2.45, 2.75) is 6.92 Å². The number of carbonyl (C=O) groups is 3. The zero-order valence-corrected chi connectivity index (χ0v) is 14.9. The molecule has 2 N–H and O–H groups in total. The van der Waals surface area contributed by atoms with Crippen molar-refractivity contribution in [3.8, 4) is 5.75 Å². The number of amides is 2. The number of hydrogen-bond acceptors (Lipinski definition) is 5. The van der Waals surface area contributed by atoms with Crippen molar-refractivity contribution in [3.05, 3.63) is 59.4 Å². The van der Waals surface area contributed by atoms with Gasteiger partial charge < -0.3 is 20.1 Å². The molecule has 0 heterocycles. The molecule has 2 amide bonds. The Labute approximate surface area is 155 Å². The molecule has 2 rings (SSSR count). The lowest BCUT2D eigenvalue weighted by Gasteiger charge is -2.09. The van der Waals surface area contributed by atoms with Crippen molar-refractivity contribution in [3.63, 3.8) is 0 Å². The van der Waals surface area contributed by atoms with Crippen LogP contribution >= 0.6 is 0 Å². The van der Waals surface area contributed by atoms with Crippen molar-refractivity contribution in [2.75, 3.05) is 25.6 Å². The van der Waals surface area contributed by atoms with E-state index < -0.39 is 30.2 Å². The lowest BCUT2D eigenvalue weighted by atomic mass is 10.1. The normalized spacial score (nSPS) is 10.0. The van der Waals surface area contributed by atoms with E-state index in [1.54, 1.807) is 12.1 Å². The van der Waals surface area contributed by atoms with Gasteiger partial charge in [-0.2, -0.15) is 0 Å². The molecule has 2 aromatic rings. The number of esters is 1. The van der Waals surface area contributed by atoms with Crippen molar-refractivity contribution in [2.24, 2.45) is 0 Å². The van der Waals surface area contributed by atoms with Gasteiger partial charge in [0.05, 0.1) is 19.2 Å². The quantitative estimate of drug-likeness (QED) is 0.724. The Kier molecular flexibility index (Phi) is 6.87. The van der Waals surface area contributed by atoms with Gasteiger partial charge in [-0.3, -0.25) is 9.59 Å². The first-order valence-electron chi connectivity index (χ1n) is 8.03. The summed E-state index contributed by atoms with van der Waals surface area (Å²) in [7, 11) is 1.49. The minimum Gasteiger partial charge on any atom is -0.496 e. The van der Waals surface area contributed by atoms with Crippen LogP contribution in [-0.4, -0.2) is 38.0 Å². The van der Waals surface area contributed by atoms with Crippen LogP contribution in [0.2, 0.25) is 0 Å². The third-order valence-electron chi connectivity index (χ3n) is 3.55. The number of methoxy groups -OCH3 is 1. The smallest absolute Gasteiger partial charge is 0.338 e. The maximum atomic E-state index is 12.8. The molecule has 8 heteroatoms. The largest absolute Gasteiger partial charge is 0.496 e. The molecule has 0 atom stereocenters. The fourth-order valence-corrected chi connectivity index (χ4v) is 2.13. The van der Waals surface area contributed by atoms with Gasteiger partial charge in [-0.1, -0.05) is 6.07 Å². The standard InChI is InChI=1S/C19H19FN2O5/c1-12-3-4-13(9-16(12)26-2)19(25)27-11-18(24)21-10-17(23)22-15-7-5-14(20)6-8-15/h3-9H,10-11H2,1-2H3,(H,21,24)(H,22,23). The van der Waals surface area contributed by atoms with Crippen LogP contribution in [0.4, 0.5) is 10.1 Å². The predicted molar refractivity (Wildman–Crippen MR) is 96.1 cm³/mol. The summed E-state index contributed by atoms with van der Waals surface area (Å²) in [6.07, 6.45) is 0. The van der Waals surface area contributed by atoms with E-state index >= 15 is 0 Å². The summed E-state index contributed by atoms with van der Waals surface area (Å²) in [5.74, 6) is -1.69. The van der Waals surface area contributed by atoms with Crippen LogP contribution in [-0.2, 0) is 14.3 Å². The van der Waals surface area contributed by atoms with Gasteiger partial charge in [0.2, 0.25) is 5.91 Å². The van der Waals surface area contributed by atoms with Crippen LogP contribution in [0.5, 0.6) is 5.75 Å². The molecule has 0 aromatic heterocycles. The van der Waals surface area contributed by atoms with Crippen LogP contribution < -0.4 is 15.4 Å². The van der Waals surface area contributed by atoms with E-state index in [0.29, 0.717) is 11.4 Å². The summed E-state index contributed by atoms with van der Waals surface area (Å²) in [6.45, 7) is 0.989. The number of aryl methyl sites for hydroxylation is 1. The Hall–Kier alpha value is -3.42. The van der Waals surface area contributed by atoms with Crippen molar-refractivity contribution in [1.82, 2.24) is 5.32 Å². The van der Waals surface area contributed by atoms with Crippen LogP contribution in [0.25, 0.3) is 0 Å². The molecular weight excluding hydrogens is 355 g/mol. The van der Waals surface area contributed by atoms with E-state index in [-0.39, 0.29) is 12.1 Å². The Morgan fingerprint density at radius 3 is 2.41 bits per heavy atom. The van der Waals surface area contributed by atoms with E-state index in [1.165, 1.54) is 37.4 Å². The van der Waals surface area contributed by atoms with Gasteiger partial charge in [-0.15, -0.1) is 0 Å². The monoisotopic (exact) mass is 374 g/mol. The number of anilines is 1. The summed E-state index contributed by atoms with van der Waals surface area (Å²) in [5, 5.41) is 4.82. The van der Waals surface area contributed by atoms with Crippen molar-refractivity contribution < 1.29 is 28.2 Å². The first kappa shape index (κ1) is 19.9. The highest BCUT2D eigenvalue weighted by Crippen LogP contribution is 2.19. The zero-order valence-electron chi connectivity index (χ0n) is 14.9. The molecular formula is C19H19FN2O5. The minimum absolute atomic E-state index is 0.249. The van der Waals surface area contributed by atoms with Gasteiger partial charge in [0.15, 0.2) is 6.61 Å². The first-order valence-corrected chi connectivity index (χ1v) is 8.03. The third-order valence-corrected chi connectivity index (χ3v) is 3.55. The molecule has 142 valence electrons. The lowest BCUT2D eigenvalue weighted by molar-refractivity contribution is -0.126. The summed E-state index contributed by atoms with van der Waals surface area (Å²) < 4.78 is 22.8. The molecule has 0 aliphatic heterocycles. The fourth-order valence-electron chi connectivity index (χ4n) is 2.13. The predicted octanol–water partition coefficient (Wildman–Crippen LogP) is 2.05. The topological polar surface area (TPSA) is 93.7 Å². The molecule has 0 saturated carbocycles. The Morgan fingerprint density at radius 2 is 1.74 bits per heavy atom. The van der Waals surface area contributed by atoms with Gasteiger partial charge in [0, 0.05) is 5.69 Å². The lowest BCUT2D eigenvalue weighted by Crippen LogP contribution is -2.35. The highest BCUT2D eigenvalue weighted by atomic mass is 19.1. The molecule has 2 aromatic carbocycles. The van der Waals surface area contributed by atoms with Gasteiger partial charge in [0.25, 0.3) is 5.91 Å². The number of rotatable bonds is 7. The fraction of sp³-hybridized carbons (Fsp3) is 0.211. The average molecular weight is 374 g/mol. The van der Waals surface area contributed by atoms with Crippen LogP contribution in [0.15, 0.2) is 42.5 Å². The van der Waals surface area contributed by atoms with Gasteiger partial charge in [-0.25, -0.2) is 9.18 Å². The van der Waals surface area contributed by atoms with E-state index in [9.17, 15) is 18.8 Å². The molecule has 0 aliphatic carbocycles. The maximum absolute atomic E-state index is 12.8. The van der Waals surface area contributed by atoms with Crippen LogP contribution in [0, 0.1) is 12.7 Å². The molecule has 0 spiro atoms. The second-order valence-electron chi connectivity index (χ2n) is 5.59. The number of carbonyl (C=O) groups excluding carboxylic acids is 3. The minimum atomic E-state index is -0.681. The molecule has 0 unspecified atom stereocenters. The van der Waals surface area contributed by atoms with Crippen LogP contribution in [0.3, 0.4) is 0 Å². The van der Waals surface area contributed by atoms with Crippen molar-refractivity contribution in [1.29, 1.82) is 0 Å². The SMILES string of the molecule is COc1cc(C(=O)OCC(=O)NCC(=O)Nc2ccc(F)cc2)ccc1C. The second kappa shape index (κ2) is 9.33. The number of hydrogen-bond donors (Lipinski definition) is 2. The molecule has 0 aliphatic rings. The molecule has 0 fully saturated rings. The highest BCUT2D eigenvalue weighted by Gasteiger charge is 2.13. The van der Waals surface area contributed by atoms with Gasteiger partial charge in [-0.05, 0) is 48.9 Å². The zero-order chi connectivity index (χ0) is 19.8. The summed E-state index contributed by atoms with van der Waals surface area (Å²) in [5.41, 5.74) is 1.51. The van der Waals surface area contributed by atoms with E-state index in [2.05, 4.69) is 10.6 Å². The molecule has 27 heavy (non-hydrogen) atoms. The second-order valence-corrected chi connectivity index (χ2v) is 5.59. The maximum Gasteiger partial charge on any atom is 0.338 e.